The lowest BCUT2D eigenvalue weighted by Gasteiger charge is -2.46. The third-order valence-corrected chi connectivity index (χ3v) is 14.8. The van der Waals surface area contributed by atoms with Gasteiger partial charge in [0.15, 0.2) is 12.6 Å². The molecule has 12 unspecified atom stereocenters. The second-order valence-corrected chi connectivity index (χ2v) is 21.1. The van der Waals surface area contributed by atoms with Gasteiger partial charge < -0.3 is 65.1 Å². The highest BCUT2D eigenvalue weighted by molar-refractivity contribution is 5.76. The Morgan fingerprint density at radius 1 is 0.457 bits per heavy atom. The van der Waals surface area contributed by atoms with E-state index in [9.17, 15) is 45.6 Å². The molecule has 0 saturated carbocycles. The lowest BCUT2D eigenvalue weighted by molar-refractivity contribution is -0.359. The van der Waals surface area contributed by atoms with Crippen molar-refractivity contribution in [1.29, 1.82) is 0 Å². The van der Waals surface area contributed by atoms with Gasteiger partial charge in [0.05, 0.1) is 32.0 Å². The fourth-order valence-corrected chi connectivity index (χ4v) is 10.1. The summed E-state index contributed by atoms with van der Waals surface area (Å²) in [6.45, 7) is 2.89. The average Bonchev–Trinajstić information content (AvgIpc) is 3.36. The standard InChI is InChI=1S/C56H109NO13/c1-3-5-7-9-11-13-15-17-19-20-21-22-23-24-26-28-30-32-34-36-38-40-48(61)57-44(45(60)39-37-35-33-31-29-27-25-18-16-14-12-10-8-6-4-2)43-67-55-53(66)51(64)54(47(42-59)69-55)70-56-52(65)50(63)49(62)46(41-58)68-56/h44-47,49-56,58-60,62-66H,3-43H2,1-2H3,(H,57,61). The molecule has 0 aromatic carbocycles. The Hall–Kier alpha value is -1.01. The van der Waals surface area contributed by atoms with E-state index in [2.05, 4.69) is 19.2 Å². The summed E-state index contributed by atoms with van der Waals surface area (Å²) in [6.07, 6.45) is 29.6. The number of hydrogen-bond donors (Lipinski definition) is 9. The molecule has 12 atom stereocenters. The lowest BCUT2D eigenvalue weighted by atomic mass is 9.97. The second kappa shape index (κ2) is 43.3. The molecule has 0 bridgehead atoms. The Morgan fingerprint density at radius 3 is 1.21 bits per heavy atom. The molecule has 70 heavy (non-hydrogen) atoms. The highest BCUT2D eigenvalue weighted by Gasteiger charge is 2.51. The van der Waals surface area contributed by atoms with E-state index >= 15 is 0 Å². The molecule has 2 heterocycles. The van der Waals surface area contributed by atoms with Crippen molar-refractivity contribution in [3.05, 3.63) is 0 Å². The fourth-order valence-electron chi connectivity index (χ4n) is 10.1. The molecule has 0 aliphatic carbocycles. The predicted molar refractivity (Wildman–Crippen MR) is 277 cm³/mol. The van der Waals surface area contributed by atoms with Gasteiger partial charge in [-0.2, -0.15) is 0 Å². The molecule has 416 valence electrons. The molecule has 2 aliphatic rings. The number of ether oxygens (including phenoxy) is 4. The summed E-state index contributed by atoms with van der Waals surface area (Å²) in [4.78, 5) is 13.3. The first-order valence-electron chi connectivity index (χ1n) is 29.3. The topological polar surface area (TPSA) is 228 Å². The van der Waals surface area contributed by atoms with Gasteiger partial charge in [0.25, 0.3) is 0 Å². The third-order valence-electron chi connectivity index (χ3n) is 14.8. The normalized spacial score (nSPS) is 25.9. The van der Waals surface area contributed by atoms with E-state index < -0.39 is 86.8 Å². The molecule has 2 saturated heterocycles. The number of carbonyl (C=O) groups is 1. The van der Waals surface area contributed by atoms with Gasteiger partial charge in [0.2, 0.25) is 5.91 Å². The molecule has 0 aromatic rings. The van der Waals surface area contributed by atoms with Crippen LogP contribution < -0.4 is 5.32 Å². The van der Waals surface area contributed by atoms with Crippen LogP contribution in [-0.4, -0.2) is 140 Å². The van der Waals surface area contributed by atoms with Crippen molar-refractivity contribution in [2.24, 2.45) is 0 Å². The maximum atomic E-state index is 13.3. The highest BCUT2D eigenvalue weighted by atomic mass is 16.7. The van der Waals surface area contributed by atoms with Gasteiger partial charge in [0, 0.05) is 6.42 Å². The number of rotatable bonds is 47. The molecule has 0 radical (unpaired) electrons. The van der Waals surface area contributed by atoms with E-state index in [0.29, 0.717) is 12.8 Å². The summed E-state index contributed by atoms with van der Waals surface area (Å²) in [6, 6.07) is -0.822. The Morgan fingerprint density at radius 2 is 0.814 bits per heavy atom. The zero-order valence-corrected chi connectivity index (χ0v) is 44.5. The minimum absolute atomic E-state index is 0.201. The number of nitrogens with one attached hydrogen (secondary N) is 1. The molecular weight excluding hydrogens is 895 g/mol. The Bertz CT molecular complexity index is 1180. The lowest BCUT2D eigenvalue weighted by Crippen LogP contribution is -2.65. The summed E-state index contributed by atoms with van der Waals surface area (Å²) >= 11 is 0. The number of carbonyl (C=O) groups excluding carboxylic acids is 1. The van der Waals surface area contributed by atoms with Crippen LogP contribution in [0.1, 0.15) is 258 Å². The SMILES string of the molecule is CCCCCCCCCCCCCCCCCCCCCCCC(=O)NC(COC1OC(CO)C(OC2OC(CO)C(O)C(O)C2O)C(O)C1O)C(O)CCCCCCCCCCCCCCCCC. The number of unbranched alkanes of at least 4 members (excludes halogenated alkanes) is 34. The van der Waals surface area contributed by atoms with Crippen molar-refractivity contribution in [1.82, 2.24) is 5.32 Å². The van der Waals surface area contributed by atoms with Crippen molar-refractivity contribution in [2.75, 3.05) is 19.8 Å². The Kier molecular flexibility index (Phi) is 40.2. The smallest absolute Gasteiger partial charge is 0.220 e. The third kappa shape index (κ3) is 29.2. The number of amides is 1. The van der Waals surface area contributed by atoms with Gasteiger partial charge in [0.1, 0.15) is 48.8 Å². The number of aliphatic hydroxyl groups excluding tert-OH is 8. The van der Waals surface area contributed by atoms with E-state index in [1.54, 1.807) is 0 Å². The quantitative estimate of drug-likeness (QED) is 0.0259. The molecular formula is C56H109NO13. The summed E-state index contributed by atoms with van der Waals surface area (Å²) in [5, 5.41) is 87.2. The summed E-state index contributed by atoms with van der Waals surface area (Å²) in [7, 11) is 0. The van der Waals surface area contributed by atoms with Crippen LogP contribution in [0.2, 0.25) is 0 Å². The van der Waals surface area contributed by atoms with Crippen molar-refractivity contribution < 1.29 is 64.6 Å². The first-order valence-corrected chi connectivity index (χ1v) is 29.3. The molecule has 1 amide bonds. The van der Waals surface area contributed by atoms with Crippen molar-refractivity contribution in [3.8, 4) is 0 Å². The van der Waals surface area contributed by atoms with Gasteiger partial charge in [-0.15, -0.1) is 0 Å². The van der Waals surface area contributed by atoms with Crippen LogP contribution in [0.3, 0.4) is 0 Å². The monoisotopic (exact) mass is 1000 g/mol. The average molecular weight is 1000 g/mol. The summed E-state index contributed by atoms with van der Waals surface area (Å²) < 4.78 is 22.8. The predicted octanol–water partition coefficient (Wildman–Crippen LogP) is 9.34. The van der Waals surface area contributed by atoms with Crippen LogP contribution in [0.4, 0.5) is 0 Å². The maximum absolute atomic E-state index is 13.3. The molecule has 2 rings (SSSR count). The van der Waals surface area contributed by atoms with Gasteiger partial charge in [-0.1, -0.05) is 239 Å². The summed E-state index contributed by atoms with van der Waals surface area (Å²) in [5.74, 6) is -0.201. The second-order valence-electron chi connectivity index (χ2n) is 21.1. The van der Waals surface area contributed by atoms with Gasteiger partial charge in [-0.05, 0) is 12.8 Å². The fraction of sp³-hybridized carbons (Fsp3) is 0.982. The molecule has 9 N–H and O–H groups in total. The van der Waals surface area contributed by atoms with Crippen LogP contribution in [0, 0.1) is 0 Å². The Balaban J connectivity index is 1.75. The largest absolute Gasteiger partial charge is 0.394 e. The van der Waals surface area contributed by atoms with E-state index in [4.69, 9.17) is 18.9 Å². The van der Waals surface area contributed by atoms with E-state index in [1.807, 2.05) is 0 Å². The summed E-state index contributed by atoms with van der Waals surface area (Å²) in [5.41, 5.74) is 0. The molecule has 2 aliphatic heterocycles. The van der Waals surface area contributed by atoms with Crippen LogP contribution in [0.5, 0.6) is 0 Å². The van der Waals surface area contributed by atoms with E-state index in [0.717, 1.165) is 51.4 Å². The molecule has 0 spiro atoms. The highest BCUT2D eigenvalue weighted by Crippen LogP contribution is 2.30. The maximum Gasteiger partial charge on any atom is 0.220 e. The first-order chi connectivity index (χ1) is 34.1. The van der Waals surface area contributed by atoms with Gasteiger partial charge in [-0.25, -0.2) is 0 Å². The van der Waals surface area contributed by atoms with Crippen molar-refractivity contribution in [2.45, 2.75) is 331 Å². The number of hydrogen-bond acceptors (Lipinski definition) is 13. The van der Waals surface area contributed by atoms with Crippen LogP contribution in [0.25, 0.3) is 0 Å². The van der Waals surface area contributed by atoms with Crippen LogP contribution in [-0.2, 0) is 23.7 Å². The molecule has 2 fully saturated rings. The first kappa shape index (κ1) is 65.1. The van der Waals surface area contributed by atoms with Crippen molar-refractivity contribution in [3.63, 3.8) is 0 Å². The van der Waals surface area contributed by atoms with Crippen LogP contribution >= 0.6 is 0 Å². The molecule has 14 heteroatoms. The van der Waals surface area contributed by atoms with E-state index in [-0.39, 0.29) is 12.5 Å². The zero-order valence-electron chi connectivity index (χ0n) is 44.5. The minimum atomic E-state index is -1.78. The zero-order chi connectivity index (χ0) is 51.0. The number of aliphatic hydroxyl groups is 8. The molecule has 14 nitrogen and oxygen atoms in total. The van der Waals surface area contributed by atoms with E-state index in [1.165, 1.54) is 180 Å². The molecule has 0 aromatic heterocycles. The van der Waals surface area contributed by atoms with Crippen LogP contribution in [0.15, 0.2) is 0 Å². The van der Waals surface area contributed by atoms with Crippen molar-refractivity contribution >= 4 is 5.91 Å². The van der Waals surface area contributed by atoms with Gasteiger partial charge >= 0.3 is 0 Å². The Labute approximate surface area is 425 Å². The minimum Gasteiger partial charge on any atom is -0.394 e. The van der Waals surface area contributed by atoms with Gasteiger partial charge in [-0.3, -0.25) is 4.79 Å².